The van der Waals surface area contributed by atoms with E-state index in [1.54, 1.807) is 0 Å². The first-order chi connectivity index (χ1) is 7.71. The van der Waals surface area contributed by atoms with Crippen LogP contribution in [0.25, 0.3) is 0 Å². The van der Waals surface area contributed by atoms with Gasteiger partial charge in [0.2, 0.25) is 0 Å². The number of halogens is 1. The van der Waals surface area contributed by atoms with Crippen molar-refractivity contribution in [3.05, 3.63) is 32.9 Å². The fraction of sp³-hybridized carbons (Fsp3) is 0.571. The number of aryl methyl sites for hydroxylation is 1. The van der Waals surface area contributed by atoms with Crippen molar-refractivity contribution < 1.29 is 4.21 Å². The SMILES string of the molecule is Cc1ccc([C@H](C)C[S@](=O)C(C)(C)C)cc1I. The van der Waals surface area contributed by atoms with Gasteiger partial charge in [0.15, 0.2) is 0 Å². The number of rotatable bonds is 3. The summed E-state index contributed by atoms with van der Waals surface area (Å²) in [5, 5.41) is 0. The average molecular weight is 364 g/mol. The Hall–Kier alpha value is 0.100. The second kappa shape index (κ2) is 5.83. The zero-order valence-electron chi connectivity index (χ0n) is 11.2. The quantitative estimate of drug-likeness (QED) is 0.733. The van der Waals surface area contributed by atoms with Crippen LogP contribution in [0.3, 0.4) is 0 Å². The van der Waals surface area contributed by atoms with Gasteiger partial charge < -0.3 is 0 Å². The highest BCUT2D eigenvalue weighted by atomic mass is 127. The Labute approximate surface area is 121 Å². The fourth-order valence-corrected chi connectivity index (χ4v) is 3.17. The van der Waals surface area contributed by atoms with E-state index in [1.165, 1.54) is 14.7 Å². The van der Waals surface area contributed by atoms with Gasteiger partial charge in [0.05, 0.1) is 0 Å². The van der Waals surface area contributed by atoms with E-state index in [4.69, 9.17) is 0 Å². The van der Waals surface area contributed by atoms with Gasteiger partial charge in [-0.2, -0.15) is 0 Å². The van der Waals surface area contributed by atoms with Gasteiger partial charge in [-0.3, -0.25) is 4.21 Å². The third-order valence-corrected chi connectivity index (χ3v) is 6.18. The molecule has 0 fully saturated rings. The Balaban J connectivity index is 2.80. The van der Waals surface area contributed by atoms with E-state index in [0.717, 1.165) is 5.75 Å². The van der Waals surface area contributed by atoms with Crippen molar-refractivity contribution in [1.82, 2.24) is 0 Å². The maximum Gasteiger partial charge on any atom is 0.0375 e. The minimum absolute atomic E-state index is 0.119. The minimum atomic E-state index is -0.782. The van der Waals surface area contributed by atoms with E-state index >= 15 is 0 Å². The highest BCUT2D eigenvalue weighted by Crippen LogP contribution is 2.24. The molecule has 0 N–H and O–H groups in total. The van der Waals surface area contributed by atoms with E-state index in [0.29, 0.717) is 5.92 Å². The van der Waals surface area contributed by atoms with Gasteiger partial charge in [0, 0.05) is 24.9 Å². The van der Waals surface area contributed by atoms with Crippen molar-refractivity contribution in [3.8, 4) is 0 Å². The van der Waals surface area contributed by atoms with Crippen molar-refractivity contribution in [2.45, 2.75) is 45.3 Å². The van der Waals surface area contributed by atoms with Gasteiger partial charge in [-0.25, -0.2) is 0 Å². The van der Waals surface area contributed by atoms with E-state index in [2.05, 4.69) is 54.6 Å². The van der Waals surface area contributed by atoms with Crippen LogP contribution in [0.2, 0.25) is 0 Å². The lowest BCUT2D eigenvalue weighted by Crippen LogP contribution is -2.26. The van der Waals surface area contributed by atoms with E-state index in [1.807, 2.05) is 20.8 Å². The maximum absolute atomic E-state index is 12.1. The van der Waals surface area contributed by atoms with Gasteiger partial charge in [-0.1, -0.05) is 19.1 Å². The van der Waals surface area contributed by atoms with E-state index in [-0.39, 0.29) is 4.75 Å². The van der Waals surface area contributed by atoms with Crippen molar-refractivity contribution in [1.29, 1.82) is 0 Å². The molecule has 0 bridgehead atoms. The summed E-state index contributed by atoms with van der Waals surface area (Å²) in [4.78, 5) is 0. The molecule has 0 spiro atoms. The first kappa shape index (κ1) is 15.2. The van der Waals surface area contributed by atoms with Crippen molar-refractivity contribution >= 4 is 33.4 Å². The summed E-state index contributed by atoms with van der Waals surface area (Å²) in [6.45, 7) is 10.4. The van der Waals surface area contributed by atoms with Gasteiger partial charge in [0.1, 0.15) is 0 Å². The molecule has 17 heavy (non-hydrogen) atoms. The molecule has 0 amide bonds. The van der Waals surface area contributed by atoms with Crippen LogP contribution in [0.15, 0.2) is 18.2 Å². The molecule has 0 aliphatic carbocycles. The Morgan fingerprint density at radius 2 is 1.94 bits per heavy atom. The maximum atomic E-state index is 12.1. The van der Waals surface area contributed by atoms with Crippen LogP contribution in [0.5, 0.6) is 0 Å². The molecule has 3 heteroatoms. The fourth-order valence-electron chi connectivity index (χ4n) is 1.49. The Kier molecular flexibility index (Phi) is 5.20. The molecule has 1 aromatic rings. The Morgan fingerprint density at radius 3 is 2.41 bits per heavy atom. The smallest absolute Gasteiger partial charge is 0.0375 e. The molecule has 0 heterocycles. The zero-order chi connectivity index (χ0) is 13.2. The molecule has 0 aliphatic rings. The molecule has 0 aromatic heterocycles. The molecule has 0 unspecified atom stereocenters. The van der Waals surface area contributed by atoms with Gasteiger partial charge >= 0.3 is 0 Å². The normalized spacial score (nSPS) is 15.6. The molecule has 1 rings (SSSR count). The van der Waals surface area contributed by atoms with Gasteiger partial charge in [-0.05, 0) is 73.4 Å². The zero-order valence-corrected chi connectivity index (χ0v) is 14.2. The molecule has 1 nitrogen and oxygen atoms in total. The first-order valence-electron chi connectivity index (χ1n) is 5.86. The predicted molar refractivity (Wildman–Crippen MR) is 85.1 cm³/mol. The van der Waals surface area contributed by atoms with Crippen LogP contribution in [-0.4, -0.2) is 14.7 Å². The molecule has 0 saturated carbocycles. The topological polar surface area (TPSA) is 17.1 Å². The Morgan fingerprint density at radius 1 is 1.35 bits per heavy atom. The summed E-state index contributed by atoms with van der Waals surface area (Å²) in [7, 11) is -0.782. The summed E-state index contributed by atoms with van der Waals surface area (Å²) >= 11 is 2.36. The highest BCUT2D eigenvalue weighted by molar-refractivity contribution is 14.1. The average Bonchev–Trinajstić information content (AvgIpc) is 2.20. The third kappa shape index (κ3) is 4.36. The molecular weight excluding hydrogens is 343 g/mol. The largest absolute Gasteiger partial charge is 0.259 e. The van der Waals surface area contributed by atoms with Crippen LogP contribution in [0, 0.1) is 10.5 Å². The van der Waals surface area contributed by atoms with Crippen LogP contribution in [0.4, 0.5) is 0 Å². The highest BCUT2D eigenvalue weighted by Gasteiger charge is 2.22. The van der Waals surface area contributed by atoms with E-state index < -0.39 is 10.8 Å². The predicted octanol–water partition coefficient (Wildman–Crippen LogP) is 4.25. The molecular formula is C14H21IOS. The standard InChI is InChI=1S/C14H21IOS/c1-10-6-7-12(8-13(10)15)11(2)9-17(16)14(3,4)5/h6-8,11H,9H2,1-5H3/t11-,17+/m1/s1. The summed E-state index contributed by atoms with van der Waals surface area (Å²) in [5.41, 5.74) is 2.59. The molecule has 0 radical (unpaired) electrons. The molecule has 96 valence electrons. The molecule has 0 aliphatic heterocycles. The van der Waals surface area contributed by atoms with Crippen molar-refractivity contribution in [3.63, 3.8) is 0 Å². The third-order valence-electron chi connectivity index (χ3n) is 2.85. The molecule has 0 saturated heterocycles. The number of benzene rings is 1. The molecule has 2 atom stereocenters. The lowest BCUT2D eigenvalue weighted by Gasteiger charge is -2.21. The lowest BCUT2D eigenvalue weighted by atomic mass is 10.0. The Bertz CT molecular complexity index is 421. The first-order valence-corrected chi connectivity index (χ1v) is 8.26. The monoisotopic (exact) mass is 364 g/mol. The van der Waals surface area contributed by atoms with Crippen molar-refractivity contribution in [2.24, 2.45) is 0 Å². The summed E-state index contributed by atoms with van der Waals surface area (Å²) < 4.78 is 13.3. The summed E-state index contributed by atoms with van der Waals surface area (Å²) in [6, 6.07) is 6.51. The second-order valence-corrected chi connectivity index (χ2v) is 8.95. The minimum Gasteiger partial charge on any atom is -0.259 e. The molecule has 1 aromatic carbocycles. The van der Waals surface area contributed by atoms with Crippen LogP contribution < -0.4 is 0 Å². The van der Waals surface area contributed by atoms with Crippen LogP contribution >= 0.6 is 22.6 Å². The number of hydrogen-bond acceptors (Lipinski definition) is 1. The van der Waals surface area contributed by atoms with Crippen LogP contribution in [0.1, 0.15) is 44.7 Å². The van der Waals surface area contributed by atoms with Crippen molar-refractivity contribution in [2.75, 3.05) is 5.75 Å². The van der Waals surface area contributed by atoms with E-state index in [9.17, 15) is 4.21 Å². The summed E-state index contributed by atoms with van der Waals surface area (Å²) in [6.07, 6.45) is 0. The lowest BCUT2D eigenvalue weighted by molar-refractivity contribution is 0.642. The summed E-state index contributed by atoms with van der Waals surface area (Å²) in [5.74, 6) is 1.09. The van der Waals surface area contributed by atoms with Gasteiger partial charge in [0.25, 0.3) is 0 Å². The number of hydrogen-bond donors (Lipinski definition) is 0. The van der Waals surface area contributed by atoms with Gasteiger partial charge in [-0.15, -0.1) is 0 Å². The van der Waals surface area contributed by atoms with Crippen LogP contribution in [-0.2, 0) is 10.8 Å². The second-order valence-electron chi connectivity index (χ2n) is 5.53.